The second kappa shape index (κ2) is 8.13. The first-order valence-corrected chi connectivity index (χ1v) is 7.62. The van der Waals surface area contributed by atoms with Gasteiger partial charge in [-0.3, -0.25) is 4.90 Å². The first-order valence-electron chi connectivity index (χ1n) is 7.62. The van der Waals surface area contributed by atoms with Crippen LogP contribution in [0.2, 0.25) is 0 Å². The average Bonchev–Trinajstić information content (AvgIpc) is 2.30. The molecule has 1 aliphatic rings. The second-order valence-electron chi connectivity index (χ2n) is 6.21. The third-order valence-electron chi connectivity index (χ3n) is 3.68. The molecule has 0 aromatic heterocycles. The van der Waals surface area contributed by atoms with Crippen molar-refractivity contribution in [2.24, 2.45) is 5.92 Å². The minimum Gasteiger partial charge on any atom is -0.377 e. The zero-order chi connectivity index (χ0) is 13.5. The Bertz CT molecular complexity index is 219. The van der Waals surface area contributed by atoms with Gasteiger partial charge in [0.1, 0.15) is 0 Å². The molecule has 0 spiro atoms. The Morgan fingerprint density at radius 3 is 2.56 bits per heavy atom. The van der Waals surface area contributed by atoms with E-state index >= 15 is 0 Å². The summed E-state index contributed by atoms with van der Waals surface area (Å²) in [4.78, 5) is 2.63. The summed E-state index contributed by atoms with van der Waals surface area (Å²) in [7, 11) is 0. The zero-order valence-electron chi connectivity index (χ0n) is 12.9. The van der Waals surface area contributed by atoms with Crippen LogP contribution >= 0.6 is 0 Å². The quantitative estimate of drug-likeness (QED) is 0.757. The molecular weight excluding hydrogens is 224 g/mol. The summed E-state index contributed by atoms with van der Waals surface area (Å²) in [6.45, 7) is 15.4. The second-order valence-corrected chi connectivity index (χ2v) is 6.21. The fraction of sp³-hybridized carbons (Fsp3) is 1.00. The van der Waals surface area contributed by atoms with Gasteiger partial charge in [0.05, 0.1) is 12.7 Å². The molecule has 0 aromatic rings. The molecule has 2 atom stereocenters. The van der Waals surface area contributed by atoms with E-state index in [1.165, 1.54) is 19.4 Å². The molecule has 3 nitrogen and oxygen atoms in total. The summed E-state index contributed by atoms with van der Waals surface area (Å²) in [5, 5.41) is 3.67. The molecule has 0 aliphatic carbocycles. The molecule has 0 radical (unpaired) electrons. The molecule has 1 rings (SSSR count). The number of hydrogen-bond acceptors (Lipinski definition) is 3. The lowest BCUT2D eigenvalue weighted by Gasteiger charge is -2.41. The minimum absolute atomic E-state index is 0.346. The smallest absolute Gasteiger partial charge is 0.0597 e. The molecule has 0 aromatic carbocycles. The van der Waals surface area contributed by atoms with Gasteiger partial charge < -0.3 is 10.1 Å². The molecule has 1 fully saturated rings. The van der Waals surface area contributed by atoms with Gasteiger partial charge in [-0.2, -0.15) is 0 Å². The average molecular weight is 256 g/mol. The highest BCUT2D eigenvalue weighted by Gasteiger charge is 2.27. The first-order chi connectivity index (χ1) is 8.52. The lowest BCUT2D eigenvalue weighted by molar-refractivity contribution is 0.0322. The van der Waals surface area contributed by atoms with Crippen LogP contribution in [0.25, 0.3) is 0 Å². The van der Waals surface area contributed by atoms with Gasteiger partial charge in [0.25, 0.3) is 0 Å². The molecule has 0 saturated carbocycles. The van der Waals surface area contributed by atoms with Crippen LogP contribution in [0, 0.1) is 5.92 Å². The maximum atomic E-state index is 5.70. The molecule has 2 unspecified atom stereocenters. The Kier molecular flexibility index (Phi) is 7.20. The zero-order valence-corrected chi connectivity index (χ0v) is 12.9. The van der Waals surface area contributed by atoms with Gasteiger partial charge in [0.2, 0.25) is 0 Å². The van der Waals surface area contributed by atoms with E-state index in [2.05, 4.69) is 44.8 Å². The Labute approximate surface area is 113 Å². The van der Waals surface area contributed by atoms with Crippen LogP contribution in [-0.4, -0.2) is 49.3 Å². The van der Waals surface area contributed by atoms with Crippen LogP contribution in [-0.2, 0) is 4.74 Å². The van der Waals surface area contributed by atoms with Gasteiger partial charge in [-0.1, -0.05) is 20.8 Å². The van der Waals surface area contributed by atoms with E-state index in [4.69, 9.17) is 4.74 Å². The van der Waals surface area contributed by atoms with Crippen LogP contribution in [0.15, 0.2) is 0 Å². The summed E-state index contributed by atoms with van der Waals surface area (Å²) < 4.78 is 5.70. The topological polar surface area (TPSA) is 24.5 Å². The molecule has 1 heterocycles. The van der Waals surface area contributed by atoms with Gasteiger partial charge in [-0.15, -0.1) is 0 Å². The number of nitrogens with zero attached hydrogens (tertiary/aromatic N) is 1. The van der Waals surface area contributed by atoms with Crippen molar-refractivity contribution < 1.29 is 4.74 Å². The predicted octanol–water partition coefficient (Wildman–Crippen LogP) is 2.51. The third kappa shape index (κ3) is 5.68. The Morgan fingerprint density at radius 2 is 2.00 bits per heavy atom. The van der Waals surface area contributed by atoms with Crippen molar-refractivity contribution in [3.8, 4) is 0 Å². The van der Waals surface area contributed by atoms with Crippen molar-refractivity contribution in [3.63, 3.8) is 0 Å². The van der Waals surface area contributed by atoms with E-state index in [-0.39, 0.29) is 0 Å². The normalized spacial score (nSPS) is 26.2. The van der Waals surface area contributed by atoms with Crippen LogP contribution < -0.4 is 5.32 Å². The van der Waals surface area contributed by atoms with Crippen LogP contribution in [0.5, 0.6) is 0 Å². The molecule has 1 saturated heterocycles. The first kappa shape index (κ1) is 15.9. The Morgan fingerprint density at radius 1 is 1.28 bits per heavy atom. The standard InChI is InChI=1S/C15H32N2O/c1-6-14-11-17(7-8-18-13(4)5)15(10-16-14)9-12(2)3/h12-16H,6-11H2,1-5H3. The fourth-order valence-corrected chi connectivity index (χ4v) is 2.66. The summed E-state index contributed by atoms with van der Waals surface area (Å²) in [5.74, 6) is 0.767. The van der Waals surface area contributed by atoms with Crippen molar-refractivity contribution >= 4 is 0 Å². The molecule has 0 bridgehead atoms. The van der Waals surface area contributed by atoms with Gasteiger partial charge in [0, 0.05) is 31.7 Å². The highest BCUT2D eigenvalue weighted by Crippen LogP contribution is 2.16. The molecule has 0 amide bonds. The SMILES string of the molecule is CCC1CN(CCOC(C)C)C(CC(C)C)CN1. The highest BCUT2D eigenvalue weighted by molar-refractivity contribution is 4.86. The third-order valence-corrected chi connectivity index (χ3v) is 3.68. The fourth-order valence-electron chi connectivity index (χ4n) is 2.66. The van der Waals surface area contributed by atoms with E-state index in [0.717, 1.165) is 25.6 Å². The van der Waals surface area contributed by atoms with Gasteiger partial charge in [0.15, 0.2) is 0 Å². The van der Waals surface area contributed by atoms with E-state index in [0.29, 0.717) is 18.2 Å². The largest absolute Gasteiger partial charge is 0.377 e. The number of nitrogens with one attached hydrogen (secondary N) is 1. The van der Waals surface area contributed by atoms with E-state index in [9.17, 15) is 0 Å². The predicted molar refractivity (Wildman–Crippen MR) is 78.0 cm³/mol. The van der Waals surface area contributed by atoms with E-state index in [1.54, 1.807) is 0 Å². The highest BCUT2D eigenvalue weighted by atomic mass is 16.5. The maximum absolute atomic E-state index is 5.70. The maximum Gasteiger partial charge on any atom is 0.0597 e. The number of ether oxygens (including phenoxy) is 1. The van der Waals surface area contributed by atoms with E-state index < -0.39 is 0 Å². The van der Waals surface area contributed by atoms with Crippen molar-refractivity contribution in [1.29, 1.82) is 0 Å². The summed E-state index contributed by atoms with van der Waals surface area (Å²) in [5.41, 5.74) is 0. The molecule has 3 heteroatoms. The number of rotatable bonds is 7. The van der Waals surface area contributed by atoms with E-state index in [1.807, 2.05) is 0 Å². The van der Waals surface area contributed by atoms with Crippen LogP contribution in [0.1, 0.15) is 47.5 Å². The molecule has 108 valence electrons. The minimum atomic E-state index is 0.346. The van der Waals surface area contributed by atoms with Crippen LogP contribution in [0.4, 0.5) is 0 Å². The summed E-state index contributed by atoms with van der Waals surface area (Å²) >= 11 is 0. The van der Waals surface area contributed by atoms with Gasteiger partial charge in [-0.25, -0.2) is 0 Å². The number of hydrogen-bond donors (Lipinski definition) is 1. The van der Waals surface area contributed by atoms with Crippen molar-refractivity contribution in [1.82, 2.24) is 10.2 Å². The van der Waals surface area contributed by atoms with Crippen molar-refractivity contribution in [3.05, 3.63) is 0 Å². The summed E-state index contributed by atoms with van der Waals surface area (Å²) in [6, 6.07) is 1.34. The van der Waals surface area contributed by atoms with Gasteiger partial charge in [-0.05, 0) is 32.6 Å². The van der Waals surface area contributed by atoms with Gasteiger partial charge >= 0.3 is 0 Å². The van der Waals surface area contributed by atoms with Crippen LogP contribution in [0.3, 0.4) is 0 Å². The number of piperazine rings is 1. The Balaban J connectivity index is 2.43. The molecular formula is C15H32N2O. The van der Waals surface area contributed by atoms with Crippen molar-refractivity contribution in [2.75, 3.05) is 26.2 Å². The molecule has 18 heavy (non-hydrogen) atoms. The molecule has 1 aliphatic heterocycles. The lowest BCUT2D eigenvalue weighted by atomic mass is 9.98. The monoisotopic (exact) mass is 256 g/mol. The Hall–Kier alpha value is -0.120. The summed E-state index contributed by atoms with van der Waals surface area (Å²) in [6.07, 6.45) is 2.85. The lowest BCUT2D eigenvalue weighted by Crippen LogP contribution is -2.57. The molecule has 1 N–H and O–H groups in total. The van der Waals surface area contributed by atoms with Crippen molar-refractivity contribution in [2.45, 2.75) is 65.6 Å².